The molecule has 1 nitrogen and oxygen atoms in total. The van der Waals surface area contributed by atoms with Gasteiger partial charge in [-0.3, -0.25) is 0 Å². The largest absolute Gasteiger partial charge is 0.310 e. The van der Waals surface area contributed by atoms with Gasteiger partial charge in [-0.15, -0.1) is 0 Å². The summed E-state index contributed by atoms with van der Waals surface area (Å²) in [6.45, 7) is 4.74. The highest BCUT2D eigenvalue weighted by molar-refractivity contribution is 5.98. The van der Waals surface area contributed by atoms with Crippen LogP contribution in [-0.2, 0) is 5.41 Å². The zero-order valence-corrected chi connectivity index (χ0v) is 28.3. The summed E-state index contributed by atoms with van der Waals surface area (Å²) < 4.78 is 0. The first-order valence-electron chi connectivity index (χ1n) is 17.4. The fraction of sp³-hybridized carbons (Fsp3) is 0.0612. The summed E-state index contributed by atoms with van der Waals surface area (Å²) in [5.74, 6) is 0. The first-order valence-corrected chi connectivity index (χ1v) is 17.4. The highest BCUT2D eigenvalue weighted by Crippen LogP contribution is 2.54. The molecule has 1 heteroatoms. The molecule has 0 saturated heterocycles. The van der Waals surface area contributed by atoms with E-state index >= 15 is 0 Å². The molecule has 0 aliphatic heterocycles. The third-order valence-corrected chi connectivity index (χ3v) is 10.5. The number of rotatable bonds is 6. The van der Waals surface area contributed by atoms with Gasteiger partial charge in [-0.05, 0) is 96.7 Å². The molecular formula is C49H37N. The first-order chi connectivity index (χ1) is 24.6. The Kier molecular flexibility index (Phi) is 7.21. The average Bonchev–Trinajstić information content (AvgIpc) is 3.42. The lowest BCUT2D eigenvalue weighted by Crippen LogP contribution is -2.20. The number of anilines is 3. The molecule has 0 heterocycles. The Morgan fingerprint density at radius 1 is 0.380 bits per heavy atom. The minimum Gasteiger partial charge on any atom is -0.310 e. The van der Waals surface area contributed by atoms with E-state index in [0.29, 0.717) is 0 Å². The van der Waals surface area contributed by atoms with Crippen molar-refractivity contribution in [3.05, 3.63) is 199 Å². The molecule has 9 rings (SSSR count). The molecule has 0 atom stereocenters. The molecule has 0 aromatic heterocycles. The molecule has 238 valence electrons. The van der Waals surface area contributed by atoms with E-state index in [2.05, 4.69) is 207 Å². The minimum absolute atomic E-state index is 0.164. The van der Waals surface area contributed by atoms with Gasteiger partial charge in [0.1, 0.15) is 0 Å². The normalized spacial score (nSPS) is 12.8. The van der Waals surface area contributed by atoms with E-state index in [1.54, 1.807) is 0 Å². The Bertz CT molecular complexity index is 2500. The monoisotopic (exact) mass is 639 g/mol. The molecule has 0 fully saturated rings. The van der Waals surface area contributed by atoms with Crippen molar-refractivity contribution in [2.24, 2.45) is 0 Å². The second kappa shape index (κ2) is 12.1. The van der Waals surface area contributed by atoms with Crippen molar-refractivity contribution in [3.63, 3.8) is 0 Å². The van der Waals surface area contributed by atoms with Gasteiger partial charge in [-0.25, -0.2) is 0 Å². The maximum absolute atomic E-state index is 2.47. The van der Waals surface area contributed by atoms with Crippen LogP contribution in [0.15, 0.2) is 188 Å². The molecule has 0 spiro atoms. The molecular weight excluding hydrogens is 603 g/mol. The number of fused-ring (bicyclic) bond motifs is 4. The lowest BCUT2D eigenvalue weighted by Gasteiger charge is -2.32. The van der Waals surface area contributed by atoms with Crippen molar-refractivity contribution >= 4 is 27.8 Å². The Balaban J connectivity index is 1.23. The van der Waals surface area contributed by atoms with Crippen molar-refractivity contribution in [3.8, 4) is 44.5 Å². The molecule has 1 aliphatic rings. The van der Waals surface area contributed by atoms with Crippen LogP contribution in [0.1, 0.15) is 25.0 Å². The van der Waals surface area contributed by atoms with Gasteiger partial charge in [0.15, 0.2) is 0 Å². The predicted octanol–water partition coefficient (Wildman–Crippen LogP) is 13.6. The van der Waals surface area contributed by atoms with Gasteiger partial charge >= 0.3 is 0 Å². The zero-order valence-electron chi connectivity index (χ0n) is 28.3. The average molecular weight is 640 g/mol. The fourth-order valence-corrected chi connectivity index (χ4v) is 8.12. The summed E-state index contributed by atoms with van der Waals surface area (Å²) in [5, 5.41) is 2.51. The van der Waals surface area contributed by atoms with Crippen LogP contribution in [0.2, 0.25) is 0 Å². The van der Waals surface area contributed by atoms with Crippen molar-refractivity contribution in [2.75, 3.05) is 4.90 Å². The lowest BCUT2D eigenvalue weighted by atomic mass is 9.81. The van der Waals surface area contributed by atoms with Crippen LogP contribution in [-0.4, -0.2) is 0 Å². The van der Waals surface area contributed by atoms with E-state index in [-0.39, 0.29) is 5.41 Å². The molecule has 0 amide bonds. The zero-order chi connectivity index (χ0) is 33.7. The smallest absolute Gasteiger partial charge is 0.0508 e. The fourth-order valence-electron chi connectivity index (χ4n) is 8.12. The number of hydrogen-bond acceptors (Lipinski definition) is 1. The van der Waals surface area contributed by atoms with Gasteiger partial charge in [0.05, 0.1) is 5.69 Å². The number of benzene rings is 8. The molecule has 0 saturated carbocycles. The molecule has 8 aromatic carbocycles. The van der Waals surface area contributed by atoms with E-state index in [0.717, 1.165) is 11.4 Å². The highest BCUT2D eigenvalue weighted by Gasteiger charge is 2.38. The maximum Gasteiger partial charge on any atom is 0.0508 e. The Morgan fingerprint density at radius 3 is 1.74 bits per heavy atom. The summed E-state index contributed by atoms with van der Waals surface area (Å²) in [7, 11) is 0. The summed E-state index contributed by atoms with van der Waals surface area (Å²) >= 11 is 0. The van der Waals surface area contributed by atoms with E-state index in [9.17, 15) is 0 Å². The third-order valence-electron chi connectivity index (χ3n) is 10.5. The van der Waals surface area contributed by atoms with Gasteiger partial charge in [-0.1, -0.05) is 172 Å². The summed E-state index contributed by atoms with van der Waals surface area (Å²) in [6, 6.07) is 68.5. The summed E-state index contributed by atoms with van der Waals surface area (Å²) in [6.07, 6.45) is 0. The van der Waals surface area contributed by atoms with Crippen molar-refractivity contribution < 1.29 is 0 Å². The van der Waals surface area contributed by atoms with Crippen molar-refractivity contribution in [2.45, 2.75) is 19.3 Å². The molecule has 50 heavy (non-hydrogen) atoms. The Labute approximate surface area is 294 Å². The maximum atomic E-state index is 2.47. The van der Waals surface area contributed by atoms with Crippen molar-refractivity contribution in [1.29, 1.82) is 0 Å². The molecule has 1 aliphatic carbocycles. The Morgan fingerprint density at radius 2 is 0.940 bits per heavy atom. The van der Waals surface area contributed by atoms with Gasteiger partial charge < -0.3 is 4.90 Å². The van der Waals surface area contributed by atoms with Crippen LogP contribution < -0.4 is 4.90 Å². The highest BCUT2D eigenvalue weighted by atomic mass is 15.1. The van der Waals surface area contributed by atoms with E-state index in [1.165, 1.54) is 72.1 Å². The van der Waals surface area contributed by atoms with Crippen LogP contribution in [0.4, 0.5) is 17.1 Å². The van der Waals surface area contributed by atoms with Crippen LogP contribution in [0.25, 0.3) is 55.3 Å². The van der Waals surface area contributed by atoms with E-state index in [4.69, 9.17) is 0 Å². The topological polar surface area (TPSA) is 3.24 Å². The predicted molar refractivity (Wildman–Crippen MR) is 213 cm³/mol. The lowest BCUT2D eigenvalue weighted by molar-refractivity contribution is 0.661. The van der Waals surface area contributed by atoms with Crippen molar-refractivity contribution in [1.82, 2.24) is 0 Å². The number of nitrogens with zero attached hydrogens (tertiary/aromatic N) is 1. The van der Waals surface area contributed by atoms with E-state index < -0.39 is 0 Å². The number of hydrogen-bond donors (Lipinski definition) is 0. The second-order valence-corrected chi connectivity index (χ2v) is 13.7. The molecule has 8 aromatic rings. The molecule has 0 bridgehead atoms. The van der Waals surface area contributed by atoms with Gasteiger partial charge in [-0.2, -0.15) is 0 Å². The minimum atomic E-state index is -0.164. The third kappa shape index (κ3) is 4.94. The van der Waals surface area contributed by atoms with E-state index in [1.807, 2.05) is 0 Å². The molecule has 0 N–H and O–H groups in total. The van der Waals surface area contributed by atoms with Crippen LogP contribution in [0.5, 0.6) is 0 Å². The SMILES string of the molecule is CC1(C)c2ccccc2-c2cccc(N(c3ccc(-c4ccccc4-c4ccccc4)cc3)c3cccc(-c4cccc5ccccc45)c3)c21. The van der Waals surface area contributed by atoms with Crippen LogP contribution in [0.3, 0.4) is 0 Å². The summed E-state index contributed by atoms with van der Waals surface area (Å²) in [5.41, 5.74) is 16.0. The molecule has 0 unspecified atom stereocenters. The Hall–Kier alpha value is -6.18. The van der Waals surface area contributed by atoms with Gasteiger partial charge in [0, 0.05) is 16.8 Å². The van der Waals surface area contributed by atoms with Gasteiger partial charge in [0.25, 0.3) is 0 Å². The van der Waals surface area contributed by atoms with Crippen LogP contribution in [0, 0.1) is 0 Å². The first kappa shape index (κ1) is 29.9. The van der Waals surface area contributed by atoms with Gasteiger partial charge in [0.2, 0.25) is 0 Å². The van der Waals surface area contributed by atoms with Crippen LogP contribution >= 0.6 is 0 Å². The standard InChI is InChI=1S/C49H37N/c1-49(2)46-27-11-10-24-44(46)45-26-14-28-47(48(45)49)50(39-20-12-19-37(33-39)43-25-13-18-35-17-6-7-21-41(35)43)38-31-29-36(30-32-38)42-23-9-8-22-40(42)34-15-4-3-5-16-34/h3-33H,1-2H3. The molecule has 0 radical (unpaired) electrons. The quantitative estimate of drug-likeness (QED) is 0.175. The second-order valence-electron chi connectivity index (χ2n) is 13.7. The summed E-state index contributed by atoms with van der Waals surface area (Å²) in [4.78, 5) is 2.47.